The molecule has 0 spiro atoms. The van der Waals surface area contributed by atoms with E-state index in [1.807, 2.05) is 94.4 Å². The second-order valence-electron chi connectivity index (χ2n) is 9.84. The van der Waals surface area contributed by atoms with Gasteiger partial charge >= 0.3 is 0 Å². The summed E-state index contributed by atoms with van der Waals surface area (Å²) >= 11 is 1.39. The molecule has 3 N–H and O–H groups in total. The Hall–Kier alpha value is -4.62. The van der Waals surface area contributed by atoms with Crippen molar-refractivity contribution in [2.75, 3.05) is 10.6 Å². The van der Waals surface area contributed by atoms with Gasteiger partial charge in [0.15, 0.2) is 0 Å². The molecule has 0 aliphatic rings. The lowest BCUT2D eigenvalue weighted by atomic mass is 10.1. The summed E-state index contributed by atoms with van der Waals surface area (Å²) in [5.74, 6) is -0.949. The van der Waals surface area contributed by atoms with Gasteiger partial charge in [-0.1, -0.05) is 66.2 Å². The van der Waals surface area contributed by atoms with Gasteiger partial charge in [-0.05, 0) is 86.9 Å². The minimum Gasteiger partial charge on any atom is -0.325 e. The Morgan fingerprint density at radius 3 is 2.20 bits per heavy atom. The molecule has 0 saturated carbocycles. The van der Waals surface area contributed by atoms with E-state index in [4.69, 9.17) is 0 Å². The van der Waals surface area contributed by atoms with E-state index in [-0.39, 0.29) is 22.8 Å². The van der Waals surface area contributed by atoms with Crippen molar-refractivity contribution in [2.45, 2.75) is 37.8 Å². The zero-order chi connectivity index (χ0) is 29.4. The van der Waals surface area contributed by atoms with Crippen molar-refractivity contribution in [3.05, 3.63) is 131 Å². The first kappa shape index (κ1) is 29.4. The van der Waals surface area contributed by atoms with Crippen LogP contribution in [0.3, 0.4) is 0 Å². The van der Waals surface area contributed by atoms with Crippen molar-refractivity contribution in [2.24, 2.45) is 0 Å². The predicted molar refractivity (Wildman–Crippen MR) is 168 cm³/mol. The van der Waals surface area contributed by atoms with Gasteiger partial charge in [0.05, 0.1) is 5.25 Å². The molecule has 0 fully saturated rings. The Labute approximate surface area is 245 Å². The molecule has 0 aromatic heterocycles. The number of benzene rings is 4. The molecule has 0 saturated heterocycles. The molecule has 1 unspecified atom stereocenters. The van der Waals surface area contributed by atoms with Crippen molar-refractivity contribution in [1.82, 2.24) is 5.32 Å². The number of rotatable bonds is 9. The van der Waals surface area contributed by atoms with Crippen molar-refractivity contribution in [1.29, 1.82) is 0 Å². The molecular formula is C34H33N3O3S. The lowest BCUT2D eigenvalue weighted by Gasteiger charge is -2.15. The summed E-state index contributed by atoms with van der Waals surface area (Å²) in [5, 5.41) is 8.29. The van der Waals surface area contributed by atoms with Crippen LogP contribution in [0.4, 0.5) is 11.4 Å². The highest BCUT2D eigenvalue weighted by Crippen LogP contribution is 2.27. The third-order valence-corrected chi connectivity index (χ3v) is 7.44. The number of thioether (sulfide) groups is 1. The quantitative estimate of drug-likeness (QED) is 0.149. The maximum Gasteiger partial charge on any atom is 0.272 e. The van der Waals surface area contributed by atoms with Crippen LogP contribution in [0.2, 0.25) is 0 Å². The van der Waals surface area contributed by atoms with E-state index >= 15 is 0 Å². The zero-order valence-electron chi connectivity index (χ0n) is 23.5. The van der Waals surface area contributed by atoms with Gasteiger partial charge in [0.2, 0.25) is 5.91 Å². The molecule has 208 valence electrons. The Bertz CT molecular complexity index is 1580. The van der Waals surface area contributed by atoms with E-state index in [1.54, 1.807) is 36.4 Å². The van der Waals surface area contributed by atoms with E-state index in [0.717, 1.165) is 32.8 Å². The van der Waals surface area contributed by atoms with Crippen molar-refractivity contribution in [3.63, 3.8) is 0 Å². The van der Waals surface area contributed by atoms with Gasteiger partial charge in [-0.3, -0.25) is 14.4 Å². The number of carbonyl (C=O) groups excluding carboxylic acids is 3. The van der Waals surface area contributed by atoms with Crippen molar-refractivity contribution >= 4 is 46.9 Å². The standard InChI is InChI=1S/C34H33N3O3S/c1-22-14-17-26(18-15-22)20-31(37-33(39)27-9-6-5-7-10-27)34(40)35-28-11-8-12-29(21-28)41-25(4)32(38)36-30-19-23(2)13-16-24(30)3/h5-21,25H,1-4H3,(H,35,40)(H,36,38)(H,37,39)/b31-20-. The van der Waals surface area contributed by atoms with E-state index in [1.165, 1.54) is 11.8 Å². The molecule has 4 rings (SSSR count). The molecule has 6 nitrogen and oxygen atoms in total. The zero-order valence-corrected chi connectivity index (χ0v) is 24.3. The highest BCUT2D eigenvalue weighted by Gasteiger charge is 2.18. The number of nitrogens with one attached hydrogen (secondary N) is 3. The number of hydrogen-bond donors (Lipinski definition) is 3. The largest absolute Gasteiger partial charge is 0.325 e. The summed E-state index contributed by atoms with van der Waals surface area (Å²) in [6, 6.07) is 29.6. The summed E-state index contributed by atoms with van der Waals surface area (Å²) in [6.07, 6.45) is 1.65. The second kappa shape index (κ2) is 13.6. The average molecular weight is 564 g/mol. The molecule has 1 atom stereocenters. The number of anilines is 2. The van der Waals surface area contributed by atoms with Crippen LogP contribution in [0, 0.1) is 20.8 Å². The van der Waals surface area contributed by atoms with Gasteiger partial charge in [0.1, 0.15) is 5.70 Å². The van der Waals surface area contributed by atoms with Crippen LogP contribution in [0.1, 0.15) is 39.5 Å². The van der Waals surface area contributed by atoms with Gasteiger partial charge in [-0.25, -0.2) is 0 Å². The fourth-order valence-corrected chi connectivity index (χ4v) is 4.91. The van der Waals surface area contributed by atoms with Crippen LogP contribution in [0.5, 0.6) is 0 Å². The molecule has 0 aliphatic heterocycles. The minimum atomic E-state index is -0.460. The van der Waals surface area contributed by atoms with Gasteiger partial charge in [-0.15, -0.1) is 11.8 Å². The summed E-state index contributed by atoms with van der Waals surface area (Å²) in [7, 11) is 0. The van der Waals surface area contributed by atoms with E-state index in [2.05, 4.69) is 16.0 Å². The fraction of sp³-hybridized carbons (Fsp3) is 0.147. The Kier molecular flexibility index (Phi) is 9.77. The maximum atomic E-state index is 13.4. The lowest BCUT2D eigenvalue weighted by molar-refractivity contribution is -0.115. The molecular weight excluding hydrogens is 530 g/mol. The Balaban J connectivity index is 1.48. The molecule has 0 radical (unpaired) electrons. The first-order valence-corrected chi connectivity index (χ1v) is 14.2. The Morgan fingerprint density at radius 1 is 0.756 bits per heavy atom. The maximum absolute atomic E-state index is 13.4. The summed E-state index contributed by atoms with van der Waals surface area (Å²) in [6.45, 7) is 7.78. The SMILES string of the molecule is Cc1ccc(/C=C(\NC(=O)c2ccccc2)C(=O)Nc2cccc(SC(C)C(=O)Nc3cc(C)ccc3C)c2)cc1. The Morgan fingerprint density at radius 2 is 1.46 bits per heavy atom. The van der Waals surface area contributed by atoms with Gasteiger partial charge in [-0.2, -0.15) is 0 Å². The first-order valence-electron chi connectivity index (χ1n) is 13.3. The highest BCUT2D eigenvalue weighted by molar-refractivity contribution is 8.00. The molecule has 41 heavy (non-hydrogen) atoms. The lowest BCUT2D eigenvalue weighted by Crippen LogP contribution is -2.30. The molecule has 3 amide bonds. The number of carbonyl (C=O) groups is 3. The van der Waals surface area contributed by atoms with E-state index in [9.17, 15) is 14.4 Å². The smallest absolute Gasteiger partial charge is 0.272 e. The van der Waals surface area contributed by atoms with Gasteiger partial charge < -0.3 is 16.0 Å². The number of aryl methyl sites for hydroxylation is 3. The van der Waals surface area contributed by atoms with Crippen LogP contribution < -0.4 is 16.0 Å². The summed E-state index contributed by atoms with van der Waals surface area (Å²) in [5.41, 5.74) is 5.85. The summed E-state index contributed by atoms with van der Waals surface area (Å²) in [4.78, 5) is 40.0. The molecule has 7 heteroatoms. The highest BCUT2D eigenvalue weighted by atomic mass is 32.2. The second-order valence-corrected chi connectivity index (χ2v) is 11.3. The predicted octanol–water partition coefficient (Wildman–Crippen LogP) is 7.14. The minimum absolute atomic E-state index is 0.106. The van der Waals surface area contributed by atoms with Crippen molar-refractivity contribution in [3.8, 4) is 0 Å². The van der Waals surface area contributed by atoms with E-state index < -0.39 is 5.91 Å². The normalized spacial score (nSPS) is 11.9. The van der Waals surface area contributed by atoms with Crippen molar-refractivity contribution < 1.29 is 14.4 Å². The number of hydrogen-bond acceptors (Lipinski definition) is 4. The van der Waals surface area contributed by atoms with Crippen LogP contribution in [-0.4, -0.2) is 23.0 Å². The number of amides is 3. The monoisotopic (exact) mass is 563 g/mol. The average Bonchev–Trinajstić information content (AvgIpc) is 2.96. The van der Waals surface area contributed by atoms with Crippen LogP contribution in [-0.2, 0) is 9.59 Å². The van der Waals surface area contributed by atoms with Gasteiger partial charge in [0, 0.05) is 21.8 Å². The molecule has 4 aromatic carbocycles. The third kappa shape index (κ3) is 8.43. The fourth-order valence-electron chi connectivity index (χ4n) is 3.98. The van der Waals surface area contributed by atoms with Crippen LogP contribution >= 0.6 is 11.8 Å². The third-order valence-electron chi connectivity index (χ3n) is 6.34. The summed E-state index contributed by atoms with van der Waals surface area (Å²) < 4.78 is 0. The molecule has 0 bridgehead atoms. The molecule has 0 heterocycles. The first-order chi connectivity index (χ1) is 19.7. The molecule has 0 aliphatic carbocycles. The van der Waals surface area contributed by atoms with Crippen LogP contribution in [0.25, 0.3) is 6.08 Å². The van der Waals surface area contributed by atoms with Crippen LogP contribution in [0.15, 0.2) is 108 Å². The molecule has 4 aromatic rings. The topological polar surface area (TPSA) is 87.3 Å². The van der Waals surface area contributed by atoms with E-state index in [0.29, 0.717) is 11.3 Å². The van der Waals surface area contributed by atoms with Gasteiger partial charge in [0.25, 0.3) is 11.8 Å².